The highest BCUT2D eigenvalue weighted by Gasteiger charge is 2.00. The molecule has 0 aliphatic carbocycles. The smallest absolute Gasteiger partial charge is 0.193 e. The Kier molecular flexibility index (Phi) is 7.49. The van der Waals surface area contributed by atoms with Crippen molar-refractivity contribution in [1.82, 2.24) is 10.2 Å². The van der Waals surface area contributed by atoms with Crippen molar-refractivity contribution < 1.29 is 0 Å². The molecule has 1 aromatic rings. The Morgan fingerprint density at radius 2 is 2.12 bits per heavy atom. The summed E-state index contributed by atoms with van der Waals surface area (Å²) in [7, 11) is 5.67. The van der Waals surface area contributed by atoms with E-state index in [0.29, 0.717) is 0 Å². The SMILES string of the molecule is CN=C(NCc1cccc(Cl)c1)N(C)C.I. The maximum Gasteiger partial charge on any atom is 0.193 e. The summed E-state index contributed by atoms with van der Waals surface area (Å²) in [5.41, 5.74) is 1.14. The molecule has 16 heavy (non-hydrogen) atoms. The predicted octanol–water partition coefficient (Wildman–Crippen LogP) is 2.60. The van der Waals surface area contributed by atoms with Crippen LogP contribution in [0.2, 0.25) is 5.02 Å². The highest BCUT2D eigenvalue weighted by Crippen LogP contribution is 2.10. The van der Waals surface area contributed by atoms with Gasteiger partial charge in [0.15, 0.2) is 5.96 Å². The molecule has 0 amide bonds. The van der Waals surface area contributed by atoms with E-state index < -0.39 is 0 Å². The number of halogens is 2. The lowest BCUT2D eigenvalue weighted by Gasteiger charge is -2.16. The Hall–Kier alpha value is -0.490. The number of nitrogens with one attached hydrogen (secondary N) is 1. The average Bonchev–Trinajstić information content (AvgIpc) is 2.18. The third kappa shape index (κ3) is 5.03. The van der Waals surface area contributed by atoms with Crippen molar-refractivity contribution in [3.63, 3.8) is 0 Å². The third-order valence-corrected chi connectivity index (χ3v) is 2.21. The van der Waals surface area contributed by atoms with E-state index in [4.69, 9.17) is 11.6 Å². The summed E-state index contributed by atoms with van der Waals surface area (Å²) in [6, 6.07) is 7.78. The minimum atomic E-state index is 0. The predicted molar refractivity (Wildman–Crippen MR) is 80.8 cm³/mol. The first-order valence-corrected chi connectivity index (χ1v) is 5.13. The Morgan fingerprint density at radius 3 is 2.62 bits per heavy atom. The molecule has 0 heterocycles. The number of guanidine groups is 1. The molecular formula is C11H17ClIN3. The zero-order valence-electron chi connectivity index (χ0n) is 9.70. The van der Waals surface area contributed by atoms with E-state index >= 15 is 0 Å². The maximum absolute atomic E-state index is 5.89. The van der Waals surface area contributed by atoms with E-state index in [1.165, 1.54) is 0 Å². The van der Waals surface area contributed by atoms with Gasteiger partial charge in [-0.3, -0.25) is 4.99 Å². The lowest BCUT2D eigenvalue weighted by molar-refractivity contribution is 0.583. The van der Waals surface area contributed by atoms with Crippen LogP contribution in [0, 0.1) is 0 Å². The molecule has 1 aromatic carbocycles. The van der Waals surface area contributed by atoms with Crippen molar-refractivity contribution >= 4 is 41.5 Å². The summed E-state index contributed by atoms with van der Waals surface area (Å²) >= 11 is 5.89. The zero-order valence-corrected chi connectivity index (χ0v) is 12.8. The molecule has 3 nitrogen and oxygen atoms in total. The first-order chi connectivity index (χ1) is 7.13. The molecule has 0 atom stereocenters. The summed E-state index contributed by atoms with van der Waals surface area (Å²) < 4.78 is 0. The number of aliphatic imine (C=N–C) groups is 1. The van der Waals surface area contributed by atoms with Crippen molar-refractivity contribution in [1.29, 1.82) is 0 Å². The highest BCUT2D eigenvalue weighted by atomic mass is 127. The summed E-state index contributed by atoms with van der Waals surface area (Å²) in [6.07, 6.45) is 0. The van der Waals surface area contributed by atoms with Crippen LogP contribution < -0.4 is 5.32 Å². The largest absolute Gasteiger partial charge is 0.352 e. The minimum Gasteiger partial charge on any atom is -0.352 e. The Labute approximate surface area is 119 Å². The van der Waals surface area contributed by atoms with E-state index in [2.05, 4.69) is 10.3 Å². The number of hydrogen-bond donors (Lipinski definition) is 1. The fraction of sp³-hybridized carbons (Fsp3) is 0.364. The van der Waals surface area contributed by atoms with Gasteiger partial charge in [0.1, 0.15) is 0 Å². The maximum atomic E-state index is 5.89. The second-order valence-corrected chi connectivity index (χ2v) is 3.86. The van der Waals surface area contributed by atoms with Gasteiger partial charge in [-0.2, -0.15) is 0 Å². The number of hydrogen-bond acceptors (Lipinski definition) is 1. The van der Waals surface area contributed by atoms with Gasteiger partial charge in [0.25, 0.3) is 0 Å². The highest BCUT2D eigenvalue weighted by molar-refractivity contribution is 14.0. The molecule has 1 N–H and O–H groups in total. The summed E-state index contributed by atoms with van der Waals surface area (Å²) in [5.74, 6) is 0.856. The number of benzene rings is 1. The van der Waals surface area contributed by atoms with Gasteiger partial charge in [-0.1, -0.05) is 23.7 Å². The second-order valence-electron chi connectivity index (χ2n) is 3.43. The van der Waals surface area contributed by atoms with Crippen LogP contribution in [0.15, 0.2) is 29.3 Å². The lowest BCUT2D eigenvalue weighted by Crippen LogP contribution is -2.35. The van der Waals surface area contributed by atoms with E-state index in [9.17, 15) is 0 Å². The van der Waals surface area contributed by atoms with Crippen LogP contribution >= 0.6 is 35.6 Å². The van der Waals surface area contributed by atoms with Crippen LogP contribution in [-0.4, -0.2) is 32.0 Å². The zero-order chi connectivity index (χ0) is 11.3. The Morgan fingerprint density at radius 1 is 1.44 bits per heavy atom. The molecular weight excluding hydrogens is 336 g/mol. The van der Waals surface area contributed by atoms with Crippen LogP contribution in [0.3, 0.4) is 0 Å². The molecule has 0 aliphatic rings. The second kappa shape index (κ2) is 7.73. The van der Waals surface area contributed by atoms with Gasteiger partial charge >= 0.3 is 0 Å². The van der Waals surface area contributed by atoms with Crippen LogP contribution in [0.1, 0.15) is 5.56 Å². The quantitative estimate of drug-likeness (QED) is 0.503. The average molecular weight is 354 g/mol. The van der Waals surface area contributed by atoms with Crippen molar-refractivity contribution in [2.75, 3.05) is 21.1 Å². The van der Waals surface area contributed by atoms with Crippen LogP contribution in [-0.2, 0) is 6.54 Å². The van der Waals surface area contributed by atoms with Crippen LogP contribution in [0.4, 0.5) is 0 Å². The van der Waals surface area contributed by atoms with E-state index in [0.717, 1.165) is 23.1 Å². The summed E-state index contributed by atoms with van der Waals surface area (Å²) in [5, 5.41) is 3.99. The molecule has 1 rings (SSSR count). The molecule has 0 aliphatic heterocycles. The molecule has 90 valence electrons. The van der Waals surface area contributed by atoms with Gasteiger partial charge in [0.05, 0.1) is 0 Å². The van der Waals surface area contributed by atoms with Gasteiger partial charge in [-0.15, -0.1) is 24.0 Å². The summed E-state index contributed by atoms with van der Waals surface area (Å²) in [6.45, 7) is 0.728. The van der Waals surface area contributed by atoms with E-state index in [1.807, 2.05) is 43.3 Å². The number of nitrogens with zero attached hydrogens (tertiary/aromatic N) is 2. The molecule has 0 radical (unpaired) electrons. The van der Waals surface area contributed by atoms with Gasteiger partial charge in [0, 0.05) is 32.7 Å². The van der Waals surface area contributed by atoms with E-state index in [-0.39, 0.29) is 24.0 Å². The van der Waals surface area contributed by atoms with Crippen molar-refractivity contribution in [3.8, 4) is 0 Å². The summed E-state index contributed by atoms with van der Waals surface area (Å²) in [4.78, 5) is 6.06. The minimum absolute atomic E-state index is 0. The fourth-order valence-electron chi connectivity index (χ4n) is 1.27. The van der Waals surface area contributed by atoms with Crippen molar-refractivity contribution in [2.24, 2.45) is 4.99 Å². The number of rotatable bonds is 2. The Bertz CT molecular complexity index is 353. The molecule has 0 bridgehead atoms. The van der Waals surface area contributed by atoms with Crippen LogP contribution in [0.25, 0.3) is 0 Å². The van der Waals surface area contributed by atoms with Gasteiger partial charge < -0.3 is 10.2 Å². The molecule has 0 spiro atoms. The topological polar surface area (TPSA) is 27.6 Å². The third-order valence-electron chi connectivity index (χ3n) is 1.98. The lowest BCUT2D eigenvalue weighted by atomic mass is 10.2. The molecule has 0 saturated carbocycles. The standard InChI is InChI=1S/C11H16ClN3.HI/c1-13-11(15(2)3)14-8-9-5-4-6-10(12)7-9;/h4-7H,8H2,1-3H3,(H,13,14);1H. The monoisotopic (exact) mass is 353 g/mol. The van der Waals surface area contributed by atoms with Gasteiger partial charge in [0.2, 0.25) is 0 Å². The van der Waals surface area contributed by atoms with Crippen molar-refractivity contribution in [2.45, 2.75) is 6.54 Å². The Balaban J connectivity index is 0.00000225. The molecule has 0 unspecified atom stereocenters. The normalized spacial score (nSPS) is 10.6. The van der Waals surface area contributed by atoms with Crippen molar-refractivity contribution in [3.05, 3.63) is 34.9 Å². The molecule has 0 aromatic heterocycles. The van der Waals surface area contributed by atoms with Gasteiger partial charge in [-0.05, 0) is 17.7 Å². The van der Waals surface area contributed by atoms with E-state index in [1.54, 1.807) is 7.05 Å². The molecule has 0 fully saturated rings. The van der Waals surface area contributed by atoms with Crippen LogP contribution in [0.5, 0.6) is 0 Å². The first kappa shape index (κ1) is 15.5. The van der Waals surface area contributed by atoms with Gasteiger partial charge in [-0.25, -0.2) is 0 Å². The molecule has 0 saturated heterocycles. The molecule has 5 heteroatoms. The fourth-order valence-corrected chi connectivity index (χ4v) is 1.48. The first-order valence-electron chi connectivity index (χ1n) is 4.76.